The van der Waals surface area contributed by atoms with E-state index in [4.69, 9.17) is 18.1 Å². The third-order valence-electron chi connectivity index (χ3n) is 1.12. The van der Waals surface area contributed by atoms with Crippen LogP contribution in [0.3, 0.4) is 0 Å². The zero-order valence-electron chi connectivity index (χ0n) is 7.00. The molecule has 5 heteroatoms. The molecule has 1 amide bonds. The molecule has 11 heavy (non-hydrogen) atoms. The standard InChI is InChI=1S/C6H10ClNO3/c1-2-4(6(10)11)8-5(9)3-7/h4H,2-3H2,1H3,(H,8,9)(H,10,11)/i3D. The Morgan fingerprint density at radius 2 is 2.36 bits per heavy atom. The van der Waals surface area contributed by atoms with Crippen LogP contribution in [-0.4, -0.2) is 28.9 Å². The first-order chi connectivity index (χ1) is 5.49. The summed E-state index contributed by atoms with van der Waals surface area (Å²) in [5.74, 6) is -3.35. The zero-order valence-corrected chi connectivity index (χ0v) is 6.76. The minimum absolute atomic E-state index is 0.269. The zero-order chi connectivity index (χ0) is 9.72. The fraction of sp³-hybridized carbons (Fsp3) is 0.667. The van der Waals surface area contributed by atoms with Crippen molar-refractivity contribution in [3.05, 3.63) is 0 Å². The van der Waals surface area contributed by atoms with Crippen molar-refractivity contribution in [2.24, 2.45) is 0 Å². The van der Waals surface area contributed by atoms with Crippen LogP contribution in [0, 0.1) is 0 Å². The number of carbonyl (C=O) groups is 2. The lowest BCUT2D eigenvalue weighted by Crippen LogP contribution is -2.40. The van der Waals surface area contributed by atoms with E-state index in [0.717, 1.165) is 0 Å². The molecule has 0 aromatic heterocycles. The topological polar surface area (TPSA) is 66.4 Å². The Hall–Kier alpha value is -0.770. The lowest BCUT2D eigenvalue weighted by atomic mass is 10.2. The maximum Gasteiger partial charge on any atom is 0.326 e. The van der Waals surface area contributed by atoms with Gasteiger partial charge in [0.2, 0.25) is 5.91 Å². The predicted molar refractivity (Wildman–Crippen MR) is 40.6 cm³/mol. The van der Waals surface area contributed by atoms with Gasteiger partial charge in [0, 0.05) is 0 Å². The van der Waals surface area contributed by atoms with Crippen LogP contribution in [0.1, 0.15) is 14.7 Å². The number of rotatable bonds is 4. The quantitative estimate of drug-likeness (QED) is 0.608. The van der Waals surface area contributed by atoms with Crippen molar-refractivity contribution in [3.63, 3.8) is 0 Å². The third kappa shape index (κ3) is 3.83. The molecule has 2 N–H and O–H groups in total. The fourth-order valence-corrected chi connectivity index (χ4v) is 0.605. The highest BCUT2D eigenvalue weighted by Gasteiger charge is 2.16. The first kappa shape index (κ1) is 8.33. The molecule has 0 heterocycles. The maximum atomic E-state index is 10.7. The number of hydrogen-bond donors (Lipinski definition) is 2. The van der Waals surface area contributed by atoms with Crippen LogP contribution >= 0.6 is 11.6 Å². The summed E-state index contributed by atoms with van der Waals surface area (Å²) in [4.78, 5) is 21.1. The first-order valence-corrected chi connectivity index (χ1v) is 3.52. The summed E-state index contributed by atoms with van der Waals surface area (Å²) < 4.78 is 6.75. The summed E-state index contributed by atoms with van der Waals surface area (Å²) in [6.45, 7) is 1.62. The molecule has 0 bridgehead atoms. The molecule has 2 unspecified atom stereocenters. The van der Waals surface area contributed by atoms with Gasteiger partial charge in [-0.25, -0.2) is 4.79 Å². The molecule has 0 aromatic rings. The van der Waals surface area contributed by atoms with Crippen molar-refractivity contribution in [1.29, 1.82) is 0 Å². The molecule has 4 nitrogen and oxygen atoms in total. The van der Waals surface area contributed by atoms with Gasteiger partial charge in [-0.1, -0.05) is 6.92 Å². The van der Waals surface area contributed by atoms with Gasteiger partial charge in [0.15, 0.2) is 0 Å². The maximum absolute atomic E-state index is 10.7. The van der Waals surface area contributed by atoms with Gasteiger partial charge >= 0.3 is 5.97 Å². The van der Waals surface area contributed by atoms with Crippen molar-refractivity contribution in [1.82, 2.24) is 5.32 Å². The second-order valence-electron chi connectivity index (χ2n) is 1.92. The lowest BCUT2D eigenvalue weighted by Gasteiger charge is -2.09. The highest BCUT2D eigenvalue weighted by molar-refractivity contribution is 6.27. The Morgan fingerprint density at radius 3 is 2.64 bits per heavy atom. The van der Waals surface area contributed by atoms with Gasteiger partial charge in [0.25, 0.3) is 0 Å². The van der Waals surface area contributed by atoms with Crippen LogP contribution < -0.4 is 5.32 Å². The number of halogens is 1. The summed E-state index contributed by atoms with van der Waals surface area (Å²) >= 11 is 5.10. The van der Waals surface area contributed by atoms with Gasteiger partial charge in [0.1, 0.15) is 11.9 Å². The van der Waals surface area contributed by atoms with E-state index in [9.17, 15) is 9.59 Å². The molecular formula is C6H10ClNO3. The predicted octanol–water partition coefficient (Wildman–Crippen LogP) is 0.205. The Morgan fingerprint density at radius 1 is 1.82 bits per heavy atom. The van der Waals surface area contributed by atoms with E-state index < -0.39 is 23.8 Å². The number of carboxylic acids is 1. The molecule has 0 radical (unpaired) electrons. The second kappa shape index (κ2) is 4.96. The van der Waals surface area contributed by atoms with Crippen LogP contribution in [0.15, 0.2) is 0 Å². The van der Waals surface area contributed by atoms with Crippen molar-refractivity contribution in [2.45, 2.75) is 19.4 Å². The van der Waals surface area contributed by atoms with Crippen LogP contribution in [0.25, 0.3) is 0 Å². The smallest absolute Gasteiger partial charge is 0.326 e. The molecule has 0 spiro atoms. The van der Waals surface area contributed by atoms with Gasteiger partial charge in [-0.15, -0.1) is 11.6 Å². The van der Waals surface area contributed by atoms with Crippen molar-refractivity contribution in [2.75, 3.05) is 5.86 Å². The van der Waals surface area contributed by atoms with Crippen LogP contribution in [0.2, 0.25) is 0 Å². The van der Waals surface area contributed by atoms with Crippen LogP contribution in [0.5, 0.6) is 0 Å². The molecule has 0 saturated carbocycles. The molecule has 0 fully saturated rings. The lowest BCUT2D eigenvalue weighted by molar-refractivity contribution is -0.141. The second-order valence-corrected chi connectivity index (χ2v) is 2.13. The monoisotopic (exact) mass is 180 g/mol. The number of nitrogens with one attached hydrogen (secondary N) is 1. The summed E-state index contributed by atoms with van der Waals surface area (Å²) in [5.41, 5.74) is 0. The summed E-state index contributed by atoms with van der Waals surface area (Å²) in [6.07, 6.45) is 0.269. The highest BCUT2D eigenvalue weighted by Crippen LogP contribution is 1.90. The fourth-order valence-electron chi connectivity index (χ4n) is 0.542. The molecule has 0 aliphatic heterocycles. The molecule has 0 aromatic carbocycles. The third-order valence-corrected chi connectivity index (χ3v) is 1.32. The van der Waals surface area contributed by atoms with E-state index in [1.54, 1.807) is 6.92 Å². The van der Waals surface area contributed by atoms with E-state index in [1.807, 2.05) is 0 Å². The van der Waals surface area contributed by atoms with Gasteiger partial charge in [0.05, 0.1) is 1.37 Å². The van der Waals surface area contributed by atoms with E-state index >= 15 is 0 Å². The molecule has 0 saturated heterocycles. The Labute approximate surface area is 70.9 Å². The normalized spacial score (nSPS) is 16.4. The molecule has 2 atom stereocenters. The van der Waals surface area contributed by atoms with E-state index in [0.29, 0.717) is 0 Å². The Balaban J connectivity index is 4.03. The number of carbonyl (C=O) groups excluding carboxylic acids is 1. The van der Waals surface area contributed by atoms with Gasteiger partial charge in [-0.2, -0.15) is 0 Å². The summed E-state index contributed by atoms with van der Waals surface area (Å²) in [6, 6.07) is -0.955. The average molecular weight is 181 g/mol. The Bertz CT molecular complexity index is 186. The minimum atomic E-state index is -1.45. The average Bonchev–Trinajstić information content (AvgIpc) is 1.98. The van der Waals surface area contributed by atoms with Crippen LogP contribution in [0.4, 0.5) is 0 Å². The molecule has 0 aliphatic rings. The van der Waals surface area contributed by atoms with E-state index in [1.165, 1.54) is 0 Å². The number of aliphatic carboxylic acids is 1. The summed E-state index contributed by atoms with van der Waals surface area (Å²) in [5, 5.41) is 10.6. The summed E-state index contributed by atoms with van der Waals surface area (Å²) in [7, 11) is 0. The van der Waals surface area contributed by atoms with Gasteiger partial charge in [-0.05, 0) is 6.42 Å². The van der Waals surface area contributed by atoms with E-state index in [-0.39, 0.29) is 6.42 Å². The largest absolute Gasteiger partial charge is 0.480 e. The number of alkyl halides is 1. The molecule has 64 valence electrons. The first-order valence-electron chi connectivity index (χ1n) is 3.66. The van der Waals surface area contributed by atoms with Crippen molar-refractivity contribution in [3.8, 4) is 0 Å². The van der Waals surface area contributed by atoms with Gasteiger partial charge in [-0.3, -0.25) is 4.79 Å². The number of amides is 1. The molecule has 0 rings (SSSR count). The highest BCUT2D eigenvalue weighted by atomic mass is 35.5. The van der Waals surface area contributed by atoms with Gasteiger partial charge < -0.3 is 10.4 Å². The Kier molecular flexibility index (Phi) is 3.75. The number of carboxylic acid groups (broad SMARTS) is 1. The van der Waals surface area contributed by atoms with E-state index in [2.05, 4.69) is 5.32 Å². The minimum Gasteiger partial charge on any atom is -0.480 e. The number of hydrogen-bond acceptors (Lipinski definition) is 2. The van der Waals surface area contributed by atoms with Crippen molar-refractivity contribution >= 4 is 23.5 Å². The van der Waals surface area contributed by atoms with Crippen LogP contribution in [-0.2, 0) is 9.59 Å². The molecule has 0 aliphatic carbocycles. The SMILES string of the molecule is [2H]C(Cl)C(=O)NC(CC)C(=O)O. The molecular weight excluding hydrogens is 170 g/mol. The van der Waals surface area contributed by atoms with Crippen molar-refractivity contribution < 1.29 is 16.1 Å².